The first-order valence-electron chi connectivity index (χ1n) is 9.64. The van der Waals surface area contributed by atoms with Gasteiger partial charge in [0.05, 0.1) is 12.6 Å². The quantitative estimate of drug-likeness (QED) is 0.898. The number of amides is 1. The number of hydrogen-bond acceptors (Lipinski definition) is 3. The van der Waals surface area contributed by atoms with Crippen LogP contribution in [0.5, 0.6) is 0 Å². The molecule has 0 radical (unpaired) electrons. The second kappa shape index (κ2) is 7.39. The van der Waals surface area contributed by atoms with Crippen molar-refractivity contribution in [1.82, 2.24) is 9.80 Å². The van der Waals surface area contributed by atoms with Crippen LogP contribution < -0.4 is 0 Å². The highest BCUT2D eigenvalue weighted by Crippen LogP contribution is 2.33. The molecule has 0 saturated carbocycles. The van der Waals surface area contributed by atoms with Gasteiger partial charge in [-0.2, -0.15) is 0 Å². The summed E-state index contributed by atoms with van der Waals surface area (Å²) in [5.74, 6) is -0.758. The lowest BCUT2D eigenvalue weighted by molar-refractivity contribution is -0.143. The van der Waals surface area contributed by atoms with Gasteiger partial charge in [-0.1, -0.05) is 45.0 Å². The summed E-state index contributed by atoms with van der Waals surface area (Å²) in [5, 5.41) is 9.32. The molecule has 0 unspecified atom stereocenters. The molecule has 142 valence electrons. The molecule has 1 aromatic carbocycles. The molecule has 1 aromatic rings. The fourth-order valence-corrected chi connectivity index (χ4v) is 4.18. The highest BCUT2D eigenvalue weighted by atomic mass is 16.4. The third kappa shape index (κ3) is 3.93. The molecular weight excluding hydrogens is 328 g/mol. The van der Waals surface area contributed by atoms with E-state index in [9.17, 15) is 14.7 Å². The van der Waals surface area contributed by atoms with E-state index in [4.69, 9.17) is 0 Å². The van der Waals surface area contributed by atoms with E-state index in [-0.39, 0.29) is 23.9 Å². The summed E-state index contributed by atoms with van der Waals surface area (Å²) in [4.78, 5) is 28.0. The fourth-order valence-electron chi connectivity index (χ4n) is 4.18. The Kier molecular flexibility index (Phi) is 5.37. The van der Waals surface area contributed by atoms with Crippen LogP contribution in [0.1, 0.15) is 63.6 Å². The van der Waals surface area contributed by atoms with E-state index in [0.29, 0.717) is 13.0 Å². The first-order valence-corrected chi connectivity index (χ1v) is 9.64. The Morgan fingerprint density at radius 1 is 1.08 bits per heavy atom. The number of carbonyl (C=O) groups is 2. The normalized spacial score (nSPS) is 24.2. The van der Waals surface area contributed by atoms with Gasteiger partial charge in [-0.25, -0.2) is 0 Å². The zero-order chi connectivity index (χ0) is 18.9. The number of rotatable bonds is 4. The van der Waals surface area contributed by atoms with Gasteiger partial charge < -0.3 is 10.0 Å². The summed E-state index contributed by atoms with van der Waals surface area (Å²) < 4.78 is 0. The number of carboxylic acid groups (broad SMARTS) is 1. The van der Waals surface area contributed by atoms with E-state index in [2.05, 4.69) is 45.0 Å². The standard InChI is InChI=1S/C21H30N2O3/c1-21(2,3)16-10-8-15(9-11-16)17-6-5-13-23(17)19(24)14-22-12-4-7-18(22)20(25)26/h8-11,17-18H,4-7,12-14H2,1-3H3,(H,25,26)/t17-,18+/m1/s1. The SMILES string of the molecule is CC(C)(C)c1ccc([C@H]2CCCN2C(=O)CN2CCC[C@H]2C(=O)O)cc1. The maximum atomic E-state index is 12.9. The second-order valence-electron chi connectivity index (χ2n) is 8.58. The Labute approximate surface area is 156 Å². The Morgan fingerprint density at radius 2 is 1.73 bits per heavy atom. The number of aliphatic carboxylic acids is 1. The van der Waals surface area contributed by atoms with Gasteiger partial charge in [0, 0.05) is 6.54 Å². The van der Waals surface area contributed by atoms with Crippen LogP contribution in [0.25, 0.3) is 0 Å². The number of carbonyl (C=O) groups excluding carboxylic acids is 1. The third-order valence-electron chi connectivity index (χ3n) is 5.72. The Morgan fingerprint density at radius 3 is 2.35 bits per heavy atom. The molecule has 2 fully saturated rings. The lowest BCUT2D eigenvalue weighted by Crippen LogP contribution is -2.44. The van der Waals surface area contributed by atoms with Gasteiger partial charge in [0.15, 0.2) is 0 Å². The summed E-state index contributed by atoms with van der Waals surface area (Å²) in [6.07, 6.45) is 3.46. The van der Waals surface area contributed by atoms with Crippen molar-refractivity contribution in [3.63, 3.8) is 0 Å². The molecule has 0 bridgehead atoms. The van der Waals surface area contributed by atoms with Crippen molar-refractivity contribution in [2.75, 3.05) is 19.6 Å². The zero-order valence-electron chi connectivity index (χ0n) is 16.1. The van der Waals surface area contributed by atoms with Gasteiger partial charge in [0.1, 0.15) is 6.04 Å². The first-order chi connectivity index (χ1) is 12.3. The van der Waals surface area contributed by atoms with Crippen molar-refractivity contribution in [3.05, 3.63) is 35.4 Å². The molecule has 1 N–H and O–H groups in total. The average molecular weight is 358 g/mol. The van der Waals surface area contributed by atoms with E-state index in [1.165, 1.54) is 11.1 Å². The molecule has 26 heavy (non-hydrogen) atoms. The Bertz CT molecular complexity index is 663. The van der Waals surface area contributed by atoms with E-state index in [1.807, 2.05) is 9.80 Å². The van der Waals surface area contributed by atoms with Crippen LogP contribution in [-0.2, 0) is 15.0 Å². The molecule has 3 rings (SSSR count). The monoisotopic (exact) mass is 358 g/mol. The van der Waals surface area contributed by atoms with Gasteiger partial charge in [0.2, 0.25) is 5.91 Å². The maximum absolute atomic E-state index is 12.9. The molecule has 2 aliphatic rings. The van der Waals surface area contributed by atoms with Crippen molar-refractivity contribution in [1.29, 1.82) is 0 Å². The van der Waals surface area contributed by atoms with Gasteiger partial charge >= 0.3 is 5.97 Å². The second-order valence-corrected chi connectivity index (χ2v) is 8.58. The smallest absolute Gasteiger partial charge is 0.320 e. The predicted molar refractivity (Wildman–Crippen MR) is 101 cm³/mol. The van der Waals surface area contributed by atoms with Gasteiger partial charge in [-0.3, -0.25) is 14.5 Å². The predicted octanol–water partition coefficient (Wildman–Crippen LogP) is 3.20. The van der Waals surface area contributed by atoms with Crippen LogP contribution in [0.15, 0.2) is 24.3 Å². The van der Waals surface area contributed by atoms with Crippen molar-refractivity contribution >= 4 is 11.9 Å². The molecule has 5 nitrogen and oxygen atoms in total. The molecule has 2 aliphatic heterocycles. The number of likely N-dealkylation sites (tertiary alicyclic amines) is 2. The van der Waals surface area contributed by atoms with Gasteiger partial charge in [-0.15, -0.1) is 0 Å². The number of benzene rings is 1. The molecule has 0 aromatic heterocycles. The number of carboxylic acids is 1. The molecular formula is C21H30N2O3. The van der Waals surface area contributed by atoms with Crippen molar-refractivity contribution in [3.8, 4) is 0 Å². The summed E-state index contributed by atoms with van der Waals surface area (Å²) in [5.41, 5.74) is 2.59. The van der Waals surface area contributed by atoms with Gasteiger partial charge in [-0.05, 0) is 48.8 Å². The summed E-state index contributed by atoms with van der Waals surface area (Å²) >= 11 is 0. The molecule has 5 heteroatoms. The van der Waals surface area contributed by atoms with Crippen LogP contribution in [-0.4, -0.2) is 52.5 Å². The van der Waals surface area contributed by atoms with Crippen LogP contribution >= 0.6 is 0 Å². The fraction of sp³-hybridized carbons (Fsp3) is 0.619. The lowest BCUT2D eigenvalue weighted by Gasteiger charge is -2.29. The zero-order valence-corrected chi connectivity index (χ0v) is 16.1. The number of nitrogens with zero attached hydrogens (tertiary/aromatic N) is 2. The minimum absolute atomic E-state index is 0.0561. The van der Waals surface area contributed by atoms with E-state index < -0.39 is 12.0 Å². The average Bonchev–Trinajstić information content (AvgIpc) is 3.23. The first kappa shape index (κ1) is 18.9. The summed E-state index contributed by atoms with van der Waals surface area (Å²) in [7, 11) is 0. The van der Waals surface area contributed by atoms with Crippen LogP contribution in [0.3, 0.4) is 0 Å². The van der Waals surface area contributed by atoms with E-state index >= 15 is 0 Å². The minimum Gasteiger partial charge on any atom is -0.480 e. The Balaban J connectivity index is 1.69. The number of hydrogen-bond donors (Lipinski definition) is 1. The maximum Gasteiger partial charge on any atom is 0.320 e. The molecule has 2 heterocycles. The summed E-state index contributed by atoms with van der Waals surface area (Å²) in [6.45, 7) is 8.26. The minimum atomic E-state index is -0.814. The van der Waals surface area contributed by atoms with Crippen molar-refractivity contribution in [2.24, 2.45) is 0 Å². The highest BCUT2D eigenvalue weighted by Gasteiger charge is 2.35. The van der Waals surface area contributed by atoms with Crippen molar-refractivity contribution < 1.29 is 14.7 Å². The molecule has 0 aliphatic carbocycles. The highest BCUT2D eigenvalue weighted by molar-refractivity contribution is 5.81. The largest absolute Gasteiger partial charge is 0.480 e. The third-order valence-corrected chi connectivity index (χ3v) is 5.72. The molecule has 1 amide bonds. The topological polar surface area (TPSA) is 60.9 Å². The van der Waals surface area contributed by atoms with E-state index in [1.54, 1.807) is 0 Å². The van der Waals surface area contributed by atoms with Crippen LogP contribution in [0.4, 0.5) is 0 Å². The van der Waals surface area contributed by atoms with Gasteiger partial charge in [0.25, 0.3) is 0 Å². The molecule has 2 saturated heterocycles. The summed E-state index contributed by atoms with van der Waals surface area (Å²) in [6, 6.07) is 8.22. The van der Waals surface area contributed by atoms with Crippen molar-refractivity contribution in [2.45, 2.75) is 64.0 Å². The molecule has 0 spiro atoms. The van der Waals surface area contributed by atoms with Crippen LogP contribution in [0, 0.1) is 0 Å². The Hall–Kier alpha value is -1.88. The molecule has 2 atom stereocenters. The van der Waals surface area contributed by atoms with Crippen LogP contribution in [0.2, 0.25) is 0 Å². The van der Waals surface area contributed by atoms with E-state index in [0.717, 1.165) is 25.8 Å². The lowest BCUT2D eigenvalue weighted by atomic mass is 9.86.